The molecule has 0 radical (unpaired) electrons. The van der Waals surface area contributed by atoms with Crippen LogP contribution in [0.2, 0.25) is 0 Å². The molecule has 4 nitrogen and oxygen atoms in total. The maximum Gasteiger partial charge on any atom is 0.251 e. The first-order valence-corrected chi connectivity index (χ1v) is 5.69. The fourth-order valence-electron chi connectivity index (χ4n) is 1.53. The third-order valence-corrected chi connectivity index (χ3v) is 2.39. The lowest BCUT2D eigenvalue weighted by molar-refractivity contribution is -0.138. The number of likely N-dealkylation sites (N-methyl/N-ethyl adjacent to an activating group) is 1. The maximum atomic E-state index is 11.5. The summed E-state index contributed by atoms with van der Waals surface area (Å²) in [5.41, 5.74) is 1.00. The van der Waals surface area contributed by atoms with E-state index in [9.17, 15) is 9.90 Å². The van der Waals surface area contributed by atoms with E-state index in [1.165, 1.54) is 11.8 Å². The smallest absolute Gasteiger partial charge is 0.251 e. The van der Waals surface area contributed by atoms with Gasteiger partial charge in [-0.2, -0.15) is 0 Å². The van der Waals surface area contributed by atoms with Gasteiger partial charge in [-0.05, 0) is 31.5 Å². The van der Waals surface area contributed by atoms with Gasteiger partial charge in [0.25, 0.3) is 5.91 Å². The Balaban J connectivity index is 2.60. The van der Waals surface area contributed by atoms with Crippen LogP contribution in [0.4, 0.5) is 0 Å². The summed E-state index contributed by atoms with van der Waals surface area (Å²) in [6, 6.07) is 7.58. The number of benzene rings is 1. The molecule has 0 aliphatic heterocycles. The zero-order valence-electron chi connectivity index (χ0n) is 10.5. The molecule has 1 atom stereocenters. The van der Waals surface area contributed by atoms with Gasteiger partial charge in [0, 0.05) is 13.6 Å². The van der Waals surface area contributed by atoms with Gasteiger partial charge >= 0.3 is 0 Å². The Morgan fingerprint density at radius 1 is 1.41 bits per heavy atom. The molecule has 0 saturated heterocycles. The molecule has 0 heterocycles. The third kappa shape index (κ3) is 4.07. The van der Waals surface area contributed by atoms with Crippen molar-refractivity contribution in [3.63, 3.8) is 0 Å². The monoisotopic (exact) mass is 237 g/mol. The summed E-state index contributed by atoms with van der Waals surface area (Å²) >= 11 is 0. The van der Waals surface area contributed by atoms with Crippen LogP contribution in [0.15, 0.2) is 24.3 Å². The maximum absolute atomic E-state index is 11.5. The summed E-state index contributed by atoms with van der Waals surface area (Å²) in [6.45, 7) is 4.52. The molecule has 1 unspecified atom stereocenters. The Hall–Kier alpha value is -1.55. The van der Waals surface area contributed by atoms with Crippen LogP contribution in [0.25, 0.3) is 0 Å². The van der Waals surface area contributed by atoms with Crippen molar-refractivity contribution in [3.05, 3.63) is 29.8 Å². The molecule has 94 valence electrons. The number of carbonyl (C=O) groups is 1. The lowest BCUT2D eigenvalue weighted by Gasteiger charge is -2.18. The van der Waals surface area contributed by atoms with Crippen molar-refractivity contribution in [2.24, 2.45) is 0 Å². The largest absolute Gasteiger partial charge is 0.494 e. The van der Waals surface area contributed by atoms with Crippen LogP contribution >= 0.6 is 0 Å². The minimum absolute atomic E-state index is 0.279. The molecule has 0 spiro atoms. The summed E-state index contributed by atoms with van der Waals surface area (Å²) in [5, 5.41) is 9.17. The SMILES string of the molecule is CCOc1ccc(CN(C)C(=O)C(C)O)cc1. The average molecular weight is 237 g/mol. The van der Waals surface area contributed by atoms with Crippen LogP contribution < -0.4 is 4.74 Å². The Morgan fingerprint density at radius 2 is 2.00 bits per heavy atom. The molecule has 4 heteroatoms. The van der Waals surface area contributed by atoms with E-state index >= 15 is 0 Å². The topological polar surface area (TPSA) is 49.8 Å². The summed E-state index contributed by atoms with van der Waals surface area (Å²) in [5.74, 6) is 0.541. The van der Waals surface area contributed by atoms with Crippen molar-refractivity contribution in [1.29, 1.82) is 0 Å². The number of ether oxygens (including phenoxy) is 1. The van der Waals surface area contributed by atoms with Crippen LogP contribution in [0.5, 0.6) is 5.75 Å². The van der Waals surface area contributed by atoms with Gasteiger partial charge < -0.3 is 14.7 Å². The first kappa shape index (κ1) is 13.5. The number of hydrogen-bond acceptors (Lipinski definition) is 3. The van der Waals surface area contributed by atoms with Crippen LogP contribution in [0, 0.1) is 0 Å². The standard InChI is InChI=1S/C13H19NO3/c1-4-17-12-7-5-11(6-8-12)9-14(3)13(16)10(2)15/h5-8,10,15H,4,9H2,1-3H3. The fourth-order valence-corrected chi connectivity index (χ4v) is 1.53. The molecule has 1 rings (SSSR count). The van der Waals surface area contributed by atoms with Gasteiger partial charge in [0.2, 0.25) is 0 Å². The van der Waals surface area contributed by atoms with Crippen LogP contribution in [-0.4, -0.2) is 35.7 Å². The number of amides is 1. The van der Waals surface area contributed by atoms with Crippen LogP contribution in [-0.2, 0) is 11.3 Å². The number of nitrogens with zero attached hydrogens (tertiary/aromatic N) is 1. The molecule has 0 fully saturated rings. The summed E-state index contributed by atoms with van der Waals surface area (Å²) < 4.78 is 5.33. The Bertz CT molecular complexity index is 359. The summed E-state index contributed by atoms with van der Waals surface area (Å²) in [4.78, 5) is 13.0. The highest BCUT2D eigenvalue weighted by molar-refractivity contribution is 5.79. The Kier molecular flexibility index (Phi) is 4.97. The highest BCUT2D eigenvalue weighted by Gasteiger charge is 2.14. The van der Waals surface area contributed by atoms with E-state index in [-0.39, 0.29) is 5.91 Å². The second-order valence-corrected chi connectivity index (χ2v) is 3.95. The van der Waals surface area contributed by atoms with E-state index in [4.69, 9.17) is 4.74 Å². The van der Waals surface area contributed by atoms with Crippen molar-refractivity contribution < 1.29 is 14.6 Å². The predicted octanol–water partition coefficient (Wildman–Crippen LogP) is 1.42. The highest BCUT2D eigenvalue weighted by atomic mass is 16.5. The van der Waals surface area contributed by atoms with E-state index < -0.39 is 6.10 Å². The van der Waals surface area contributed by atoms with E-state index in [1.54, 1.807) is 7.05 Å². The molecule has 17 heavy (non-hydrogen) atoms. The average Bonchev–Trinajstić information content (AvgIpc) is 2.30. The van der Waals surface area contributed by atoms with Gasteiger partial charge in [-0.3, -0.25) is 4.79 Å². The molecular formula is C13H19NO3. The molecule has 1 N–H and O–H groups in total. The van der Waals surface area contributed by atoms with Crippen molar-refractivity contribution in [2.45, 2.75) is 26.5 Å². The van der Waals surface area contributed by atoms with E-state index in [1.807, 2.05) is 31.2 Å². The van der Waals surface area contributed by atoms with Gasteiger partial charge in [0.15, 0.2) is 0 Å². The molecule has 1 aromatic carbocycles. The molecule has 0 bridgehead atoms. The Labute approximate surface area is 102 Å². The van der Waals surface area contributed by atoms with Crippen molar-refractivity contribution in [2.75, 3.05) is 13.7 Å². The third-order valence-electron chi connectivity index (χ3n) is 2.39. The molecule has 1 amide bonds. The first-order chi connectivity index (χ1) is 8.04. The highest BCUT2D eigenvalue weighted by Crippen LogP contribution is 2.13. The number of hydrogen-bond donors (Lipinski definition) is 1. The number of aliphatic hydroxyl groups is 1. The molecule has 0 saturated carbocycles. The van der Waals surface area contributed by atoms with Gasteiger partial charge in [-0.25, -0.2) is 0 Å². The van der Waals surface area contributed by atoms with E-state index in [0.717, 1.165) is 11.3 Å². The van der Waals surface area contributed by atoms with E-state index in [2.05, 4.69) is 0 Å². The molecule has 0 aliphatic carbocycles. The van der Waals surface area contributed by atoms with Gasteiger partial charge in [-0.1, -0.05) is 12.1 Å². The molecule has 0 aliphatic rings. The number of rotatable bonds is 5. The normalized spacial score (nSPS) is 12.0. The van der Waals surface area contributed by atoms with Crippen LogP contribution in [0.3, 0.4) is 0 Å². The predicted molar refractivity (Wildman–Crippen MR) is 65.8 cm³/mol. The molecular weight excluding hydrogens is 218 g/mol. The molecule has 1 aromatic rings. The van der Waals surface area contributed by atoms with Crippen molar-refractivity contribution in [3.8, 4) is 5.75 Å². The summed E-state index contributed by atoms with van der Waals surface area (Å²) in [7, 11) is 1.67. The van der Waals surface area contributed by atoms with Crippen molar-refractivity contribution in [1.82, 2.24) is 4.90 Å². The lowest BCUT2D eigenvalue weighted by Crippen LogP contribution is -2.34. The lowest BCUT2D eigenvalue weighted by atomic mass is 10.2. The van der Waals surface area contributed by atoms with E-state index in [0.29, 0.717) is 13.2 Å². The zero-order valence-corrected chi connectivity index (χ0v) is 10.5. The second kappa shape index (κ2) is 6.25. The second-order valence-electron chi connectivity index (χ2n) is 3.95. The molecule has 0 aromatic heterocycles. The zero-order chi connectivity index (χ0) is 12.8. The quantitative estimate of drug-likeness (QED) is 0.842. The fraction of sp³-hybridized carbons (Fsp3) is 0.462. The minimum Gasteiger partial charge on any atom is -0.494 e. The number of carbonyl (C=O) groups excluding carboxylic acids is 1. The summed E-state index contributed by atoms with van der Waals surface area (Å²) in [6.07, 6.45) is -0.956. The Morgan fingerprint density at radius 3 is 2.47 bits per heavy atom. The van der Waals surface area contributed by atoms with Gasteiger partial charge in [0.05, 0.1) is 6.61 Å². The van der Waals surface area contributed by atoms with Crippen LogP contribution in [0.1, 0.15) is 19.4 Å². The van der Waals surface area contributed by atoms with Gasteiger partial charge in [0.1, 0.15) is 11.9 Å². The minimum atomic E-state index is -0.956. The van der Waals surface area contributed by atoms with Crippen molar-refractivity contribution >= 4 is 5.91 Å². The number of aliphatic hydroxyl groups excluding tert-OH is 1. The van der Waals surface area contributed by atoms with Gasteiger partial charge in [-0.15, -0.1) is 0 Å². The first-order valence-electron chi connectivity index (χ1n) is 5.69.